The third-order valence-electron chi connectivity index (χ3n) is 3.62. The van der Waals surface area contributed by atoms with E-state index in [0.717, 1.165) is 11.3 Å². The van der Waals surface area contributed by atoms with Crippen molar-refractivity contribution in [2.45, 2.75) is 12.3 Å². The Morgan fingerprint density at radius 2 is 1.82 bits per heavy atom. The summed E-state index contributed by atoms with van der Waals surface area (Å²) in [5.41, 5.74) is 1.69. The molecule has 0 fully saturated rings. The fourth-order valence-corrected chi connectivity index (χ4v) is 2.72. The number of halogens is 1. The minimum absolute atomic E-state index is 0.0852. The van der Waals surface area contributed by atoms with Gasteiger partial charge in [0, 0.05) is 22.9 Å². The molecule has 0 amide bonds. The molecule has 0 bridgehead atoms. The van der Waals surface area contributed by atoms with Crippen LogP contribution in [0.25, 0.3) is 0 Å². The minimum Gasteiger partial charge on any atom is -0.469 e. The van der Waals surface area contributed by atoms with Crippen LogP contribution in [0, 0.1) is 0 Å². The van der Waals surface area contributed by atoms with Crippen LogP contribution in [-0.2, 0) is 0 Å². The Bertz CT molecular complexity index is 748. The Morgan fingerprint density at radius 3 is 2.50 bits per heavy atom. The lowest BCUT2D eigenvalue weighted by Gasteiger charge is -2.15. The zero-order valence-electron chi connectivity index (χ0n) is 11.9. The first-order valence-corrected chi connectivity index (χ1v) is 7.49. The van der Waals surface area contributed by atoms with E-state index in [2.05, 4.69) is 0 Å². The van der Waals surface area contributed by atoms with Crippen molar-refractivity contribution in [2.24, 2.45) is 0 Å². The molecule has 110 valence electrons. The van der Waals surface area contributed by atoms with Crippen LogP contribution in [0.3, 0.4) is 0 Å². The highest BCUT2D eigenvalue weighted by atomic mass is 35.5. The molecule has 0 N–H and O–H groups in total. The van der Waals surface area contributed by atoms with E-state index in [0.29, 0.717) is 17.0 Å². The van der Waals surface area contributed by atoms with E-state index in [1.165, 1.54) is 0 Å². The van der Waals surface area contributed by atoms with Gasteiger partial charge in [0.1, 0.15) is 5.76 Å². The van der Waals surface area contributed by atoms with Gasteiger partial charge in [0.25, 0.3) is 0 Å². The first kappa shape index (κ1) is 14.6. The lowest BCUT2D eigenvalue weighted by molar-refractivity contribution is 0.0975. The normalized spacial score (nSPS) is 12.0. The molecule has 0 saturated carbocycles. The molecule has 3 heteroatoms. The molecule has 3 aromatic rings. The van der Waals surface area contributed by atoms with Crippen molar-refractivity contribution >= 4 is 17.4 Å². The fourth-order valence-electron chi connectivity index (χ4n) is 2.52. The quantitative estimate of drug-likeness (QED) is 0.596. The van der Waals surface area contributed by atoms with Crippen LogP contribution in [-0.4, -0.2) is 5.78 Å². The van der Waals surface area contributed by atoms with Crippen LogP contribution in [0.2, 0.25) is 5.02 Å². The molecule has 0 aliphatic heterocycles. The summed E-state index contributed by atoms with van der Waals surface area (Å²) in [6.07, 6.45) is 1.97. The number of hydrogen-bond donors (Lipinski definition) is 0. The summed E-state index contributed by atoms with van der Waals surface area (Å²) in [5, 5.41) is 0.654. The number of rotatable bonds is 5. The number of carbonyl (C=O) groups excluding carboxylic acids is 1. The average Bonchev–Trinajstić information content (AvgIpc) is 3.07. The maximum Gasteiger partial charge on any atom is 0.163 e. The van der Waals surface area contributed by atoms with Crippen molar-refractivity contribution in [1.29, 1.82) is 0 Å². The van der Waals surface area contributed by atoms with E-state index in [9.17, 15) is 4.79 Å². The highest BCUT2D eigenvalue weighted by Gasteiger charge is 2.21. The van der Waals surface area contributed by atoms with E-state index in [1.54, 1.807) is 6.26 Å². The Labute approximate surface area is 134 Å². The van der Waals surface area contributed by atoms with Gasteiger partial charge in [-0.05, 0) is 29.8 Å². The van der Waals surface area contributed by atoms with Crippen LogP contribution in [0.1, 0.15) is 34.0 Å². The maximum atomic E-state index is 12.5. The van der Waals surface area contributed by atoms with Gasteiger partial charge in [-0.25, -0.2) is 0 Å². The van der Waals surface area contributed by atoms with Crippen LogP contribution in [0.4, 0.5) is 0 Å². The fraction of sp³-hybridized carbons (Fsp3) is 0.105. The van der Waals surface area contributed by atoms with Crippen molar-refractivity contribution in [3.63, 3.8) is 0 Å². The minimum atomic E-state index is -0.138. The lowest BCUT2D eigenvalue weighted by Crippen LogP contribution is -2.08. The third-order valence-corrected chi connectivity index (χ3v) is 3.86. The van der Waals surface area contributed by atoms with Crippen LogP contribution >= 0.6 is 11.6 Å². The molecule has 1 aromatic heterocycles. The summed E-state index contributed by atoms with van der Waals surface area (Å²) in [6, 6.07) is 20.6. The topological polar surface area (TPSA) is 30.2 Å². The molecule has 0 unspecified atom stereocenters. The van der Waals surface area contributed by atoms with E-state index in [4.69, 9.17) is 16.0 Å². The van der Waals surface area contributed by atoms with Crippen molar-refractivity contribution < 1.29 is 9.21 Å². The number of benzene rings is 2. The molecule has 0 aliphatic carbocycles. The van der Waals surface area contributed by atoms with Crippen LogP contribution in [0.5, 0.6) is 0 Å². The average molecular weight is 311 g/mol. The second kappa shape index (κ2) is 6.63. The number of ketones is 1. The van der Waals surface area contributed by atoms with Gasteiger partial charge in [0.05, 0.1) is 6.26 Å². The molecule has 0 aliphatic rings. The van der Waals surface area contributed by atoms with Crippen molar-refractivity contribution in [1.82, 2.24) is 0 Å². The molecule has 2 aromatic carbocycles. The maximum absolute atomic E-state index is 12.5. The molecule has 1 heterocycles. The molecule has 0 radical (unpaired) electrons. The second-order valence-electron chi connectivity index (χ2n) is 5.12. The Hall–Kier alpha value is -2.32. The molecule has 22 heavy (non-hydrogen) atoms. The van der Waals surface area contributed by atoms with Gasteiger partial charge in [0.2, 0.25) is 0 Å². The van der Waals surface area contributed by atoms with E-state index >= 15 is 0 Å². The van der Waals surface area contributed by atoms with E-state index < -0.39 is 0 Å². The smallest absolute Gasteiger partial charge is 0.163 e. The van der Waals surface area contributed by atoms with Gasteiger partial charge >= 0.3 is 0 Å². The van der Waals surface area contributed by atoms with Gasteiger partial charge in [-0.1, -0.05) is 54.1 Å². The molecule has 1 atom stereocenters. The summed E-state index contributed by atoms with van der Waals surface area (Å²) in [5.74, 6) is 0.718. The van der Waals surface area contributed by atoms with Gasteiger partial charge < -0.3 is 4.42 Å². The predicted octanol–water partition coefficient (Wildman–Crippen LogP) is 5.34. The number of furan rings is 1. The second-order valence-corrected chi connectivity index (χ2v) is 5.55. The summed E-state index contributed by atoms with van der Waals surface area (Å²) >= 11 is 6.09. The molecule has 0 saturated heterocycles. The standard InChI is InChI=1S/C19H15ClO2/c20-16-9-4-8-15(12-16)17(19-10-5-11-22-19)13-18(21)14-6-2-1-3-7-14/h1-12,17H,13H2/t17-/m1/s1. The number of hydrogen-bond acceptors (Lipinski definition) is 2. The molecule has 3 rings (SSSR count). The van der Waals surface area contributed by atoms with E-state index in [1.807, 2.05) is 66.7 Å². The van der Waals surface area contributed by atoms with Crippen LogP contribution in [0.15, 0.2) is 77.4 Å². The van der Waals surface area contributed by atoms with Gasteiger partial charge in [-0.15, -0.1) is 0 Å². The Morgan fingerprint density at radius 1 is 1.00 bits per heavy atom. The van der Waals surface area contributed by atoms with Gasteiger partial charge in [0.15, 0.2) is 5.78 Å². The van der Waals surface area contributed by atoms with Gasteiger partial charge in [-0.2, -0.15) is 0 Å². The summed E-state index contributed by atoms with van der Waals surface area (Å²) in [6.45, 7) is 0. The highest BCUT2D eigenvalue weighted by molar-refractivity contribution is 6.30. The zero-order chi connectivity index (χ0) is 15.4. The Kier molecular flexibility index (Phi) is 4.40. The van der Waals surface area contributed by atoms with Crippen molar-refractivity contribution in [3.8, 4) is 0 Å². The molecule has 2 nitrogen and oxygen atoms in total. The van der Waals surface area contributed by atoms with Gasteiger partial charge in [-0.3, -0.25) is 4.79 Å². The number of carbonyl (C=O) groups is 1. The molecular weight excluding hydrogens is 296 g/mol. The lowest BCUT2D eigenvalue weighted by atomic mass is 9.89. The van der Waals surface area contributed by atoms with E-state index in [-0.39, 0.29) is 11.7 Å². The predicted molar refractivity (Wildman–Crippen MR) is 87.4 cm³/mol. The monoisotopic (exact) mass is 310 g/mol. The van der Waals surface area contributed by atoms with Crippen molar-refractivity contribution in [3.05, 3.63) is 94.9 Å². The molecular formula is C19H15ClO2. The highest BCUT2D eigenvalue weighted by Crippen LogP contribution is 2.31. The largest absolute Gasteiger partial charge is 0.469 e. The summed E-state index contributed by atoms with van der Waals surface area (Å²) < 4.78 is 5.53. The first-order chi connectivity index (χ1) is 10.7. The summed E-state index contributed by atoms with van der Waals surface area (Å²) in [4.78, 5) is 12.5. The molecule has 0 spiro atoms. The number of Topliss-reactive ketones (excluding diaryl/α,β-unsaturated/α-hetero) is 1. The third kappa shape index (κ3) is 3.29. The summed E-state index contributed by atoms with van der Waals surface area (Å²) in [7, 11) is 0. The Balaban J connectivity index is 1.92. The van der Waals surface area contributed by atoms with Crippen molar-refractivity contribution in [2.75, 3.05) is 0 Å². The first-order valence-electron chi connectivity index (χ1n) is 7.11. The SMILES string of the molecule is O=C(C[C@H](c1cccc(Cl)c1)c1ccco1)c1ccccc1. The van der Waals surface area contributed by atoms with Crippen LogP contribution < -0.4 is 0 Å². The zero-order valence-corrected chi connectivity index (χ0v) is 12.7.